The summed E-state index contributed by atoms with van der Waals surface area (Å²) < 4.78 is 6.01. The largest absolute Gasteiger partial charge is 0.365 e. The SMILES string of the molecule is Cl.Clc1ccc2c(c1)COC21CCNCC1. The Balaban J connectivity index is 0.000000963. The van der Waals surface area contributed by atoms with E-state index in [9.17, 15) is 0 Å². The van der Waals surface area contributed by atoms with Crippen LogP contribution in [0.3, 0.4) is 0 Å². The lowest BCUT2D eigenvalue weighted by molar-refractivity contribution is -0.0590. The maximum atomic E-state index is 6.01. The molecule has 88 valence electrons. The lowest BCUT2D eigenvalue weighted by atomic mass is 9.84. The van der Waals surface area contributed by atoms with Crippen molar-refractivity contribution in [3.63, 3.8) is 0 Å². The quantitative estimate of drug-likeness (QED) is 0.774. The minimum Gasteiger partial charge on any atom is -0.365 e. The van der Waals surface area contributed by atoms with E-state index in [1.165, 1.54) is 11.1 Å². The van der Waals surface area contributed by atoms with E-state index in [1.807, 2.05) is 12.1 Å². The van der Waals surface area contributed by atoms with E-state index in [0.717, 1.165) is 37.6 Å². The van der Waals surface area contributed by atoms with Crippen molar-refractivity contribution in [2.75, 3.05) is 13.1 Å². The van der Waals surface area contributed by atoms with Gasteiger partial charge in [-0.15, -0.1) is 12.4 Å². The molecule has 2 aliphatic heterocycles. The highest BCUT2D eigenvalue weighted by Crippen LogP contribution is 2.43. The van der Waals surface area contributed by atoms with Crippen LogP contribution < -0.4 is 5.32 Å². The molecule has 0 unspecified atom stereocenters. The van der Waals surface area contributed by atoms with Crippen molar-refractivity contribution < 1.29 is 4.74 Å². The molecule has 1 saturated heterocycles. The molecule has 2 aliphatic rings. The number of nitrogens with one attached hydrogen (secondary N) is 1. The highest BCUT2D eigenvalue weighted by molar-refractivity contribution is 6.30. The van der Waals surface area contributed by atoms with Gasteiger partial charge in [-0.2, -0.15) is 0 Å². The summed E-state index contributed by atoms with van der Waals surface area (Å²) in [6, 6.07) is 6.14. The van der Waals surface area contributed by atoms with Gasteiger partial charge in [0.2, 0.25) is 0 Å². The van der Waals surface area contributed by atoms with Crippen LogP contribution in [0.4, 0.5) is 0 Å². The van der Waals surface area contributed by atoms with E-state index in [2.05, 4.69) is 11.4 Å². The molecule has 1 aromatic carbocycles. The van der Waals surface area contributed by atoms with Gasteiger partial charge in [-0.3, -0.25) is 0 Å². The number of benzene rings is 1. The average molecular weight is 260 g/mol. The lowest BCUT2D eigenvalue weighted by Gasteiger charge is -2.33. The van der Waals surface area contributed by atoms with Crippen molar-refractivity contribution >= 4 is 24.0 Å². The summed E-state index contributed by atoms with van der Waals surface area (Å²) in [6.45, 7) is 2.81. The third-order valence-corrected chi connectivity index (χ3v) is 3.71. The Morgan fingerprint density at radius 1 is 1.25 bits per heavy atom. The fraction of sp³-hybridized carbons (Fsp3) is 0.500. The topological polar surface area (TPSA) is 21.3 Å². The van der Waals surface area contributed by atoms with Crippen LogP contribution in [0.15, 0.2) is 18.2 Å². The molecule has 0 amide bonds. The number of hydrogen-bond acceptors (Lipinski definition) is 2. The molecule has 2 nitrogen and oxygen atoms in total. The number of rotatable bonds is 0. The van der Waals surface area contributed by atoms with Gasteiger partial charge in [0, 0.05) is 5.02 Å². The second-order valence-electron chi connectivity index (χ2n) is 4.33. The molecule has 0 aliphatic carbocycles. The van der Waals surface area contributed by atoms with Gasteiger partial charge in [0.1, 0.15) is 0 Å². The van der Waals surface area contributed by atoms with Crippen LogP contribution in [0.5, 0.6) is 0 Å². The summed E-state index contributed by atoms with van der Waals surface area (Å²) in [7, 11) is 0. The summed E-state index contributed by atoms with van der Waals surface area (Å²) in [4.78, 5) is 0. The molecule has 0 saturated carbocycles. The van der Waals surface area contributed by atoms with E-state index in [0.29, 0.717) is 0 Å². The van der Waals surface area contributed by atoms with Crippen LogP contribution in [0.1, 0.15) is 24.0 Å². The fourth-order valence-corrected chi connectivity index (χ4v) is 2.86. The second kappa shape index (κ2) is 4.53. The van der Waals surface area contributed by atoms with Gasteiger partial charge in [-0.1, -0.05) is 17.7 Å². The van der Waals surface area contributed by atoms with Crippen LogP contribution in [-0.4, -0.2) is 13.1 Å². The van der Waals surface area contributed by atoms with Crippen LogP contribution in [0, 0.1) is 0 Å². The monoisotopic (exact) mass is 259 g/mol. The number of piperidine rings is 1. The third-order valence-electron chi connectivity index (χ3n) is 3.47. The minimum atomic E-state index is -0.0226. The molecule has 0 radical (unpaired) electrons. The van der Waals surface area contributed by atoms with Crippen LogP contribution >= 0.6 is 24.0 Å². The van der Waals surface area contributed by atoms with Crippen LogP contribution in [-0.2, 0) is 16.9 Å². The molecule has 16 heavy (non-hydrogen) atoms. The Morgan fingerprint density at radius 3 is 2.75 bits per heavy atom. The predicted octanol–water partition coefficient (Wildman–Crippen LogP) is 2.87. The van der Waals surface area contributed by atoms with Gasteiger partial charge in [0.15, 0.2) is 0 Å². The summed E-state index contributed by atoms with van der Waals surface area (Å²) in [5, 5.41) is 4.18. The third kappa shape index (κ3) is 1.84. The summed E-state index contributed by atoms with van der Waals surface area (Å²) >= 11 is 5.98. The van der Waals surface area contributed by atoms with Gasteiger partial charge >= 0.3 is 0 Å². The first-order valence-corrected chi connectivity index (χ1v) is 5.82. The van der Waals surface area contributed by atoms with Crippen molar-refractivity contribution in [1.29, 1.82) is 0 Å². The molecule has 0 atom stereocenters. The van der Waals surface area contributed by atoms with E-state index >= 15 is 0 Å². The molecule has 1 fully saturated rings. The molecule has 1 N–H and O–H groups in total. The average Bonchev–Trinajstić information content (AvgIpc) is 2.58. The number of hydrogen-bond donors (Lipinski definition) is 1. The molecular formula is C12H15Cl2NO. The fourth-order valence-electron chi connectivity index (χ4n) is 2.66. The summed E-state index contributed by atoms with van der Waals surface area (Å²) in [5.41, 5.74) is 2.60. The van der Waals surface area contributed by atoms with Gasteiger partial charge in [-0.25, -0.2) is 0 Å². The first-order chi connectivity index (χ1) is 7.30. The summed E-state index contributed by atoms with van der Waals surface area (Å²) in [5.74, 6) is 0. The van der Waals surface area contributed by atoms with Crippen LogP contribution in [0.25, 0.3) is 0 Å². The van der Waals surface area contributed by atoms with Crippen LogP contribution in [0.2, 0.25) is 5.02 Å². The maximum Gasteiger partial charge on any atom is 0.0963 e. The zero-order valence-electron chi connectivity index (χ0n) is 8.96. The van der Waals surface area contributed by atoms with E-state index in [1.54, 1.807) is 0 Å². The Hall–Kier alpha value is -0.280. The first kappa shape index (κ1) is 12.2. The predicted molar refractivity (Wildman–Crippen MR) is 67.3 cm³/mol. The highest BCUT2D eigenvalue weighted by atomic mass is 35.5. The van der Waals surface area contributed by atoms with Crippen molar-refractivity contribution in [2.24, 2.45) is 0 Å². The van der Waals surface area contributed by atoms with E-state index in [4.69, 9.17) is 16.3 Å². The molecule has 0 bridgehead atoms. The Kier molecular flexibility index (Phi) is 3.45. The first-order valence-electron chi connectivity index (χ1n) is 5.44. The Bertz CT molecular complexity index is 389. The van der Waals surface area contributed by atoms with E-state index < -0.39 is 0 Å². The second-order valence-corrected chi connectivity index (χ2v) is 4.77. The van der Waals surface area contributed by atoms with Gasteiger partial charge in [-0.05, 0) is 49.2 Å². The minimum absolute atomic E-state index is 0. The zero-order chi connectivity index (χ0) is 10.3. The standard InChI is InChI=1S/C12H14ClNO.ClH/c13-10-1-2-11-9(7-10)8-15-12(11)3-5-14-6-4-12;/h1-2,7,14H,3-6,8H2;1H. The lowest BCUT2D eigenvalue weighted by Crippen LogP contribution is -2.39. The molecule has 1 spiro atoms. The molecule has 0 aromatic heterocycles. The molecular weight excluding hydrogens is 245 g/mol. The highest BCUT2D eigenvalue weighted by Gasteiger charge is 2.40. The van der Waals surface area contributed by atoms with Crippen molar-refractivity contribution in [1.82, 2.24) is 5.32 Å². The number of halogens is 2. The molecule has 4 heteroatoms. The number of fused-ring (bicyclic) bond motifs is 2. The zero-order valence-corrected chi connectivity index (χ0v) is 10.5. The maximum absolute atomic E-state index is 6.01. The Morgan fingerprint density at radius 2 is 2.00 bits per heavy atom. The number of ether oxygens (including phenoxy) is 1. The molecule has 2 heterocycles. The Labute approximate surface area is 107 Å². The van der Waals surface area contributed by atoms with E-state index in [-0.39, 0.29) is 18.0 Å². The molecule has 1 aromatic rings. The van der Waals surface area contributed by atoms with Gasteiger partial charge < -0.3 is 10.1 Å². The summed E-state index contributed by atoms with van der Waals surface area (Å²) in [6.07, 6.45) is 2.14. The van der Waals surface area contributed by atoms with Crippen molar-refractivity contribution in [3.8, 4) is 0 Å². The van der Waals surface area contributed by atoms with Crippen molar-refractivity contribution in [3.05, 3.63) is 34.3 Å². The van der Waals surface area contributed by atoms with Gasteiger partial charge in [0.05, 0.1) is 12.2 Å². The molecule has 3 rings (SSSR count). The van der Waals surface area contributed by atoms with Gasteiger partial charge in [0.25, 0.3) is 0 Å². The normalized spacial score (nSPS) is 21.6. The van der Waals surface area contributed by atoms with Crippen molar-refractivity contribution in [2.45, 2.75) is 25.0 Å². The smallest absolute Gasteiger partial charge is 0.0963 e.